The quantitative estimate of drug-likeness (QED) is 0.384. The SMILES string of the molecule is Cn1ccc2cc(NC(=O)c3ccc(NS(=O)(=O)CCO)cc3N3CCC4(CC3)CC4)nc(N3CC4CC4C3)c21. The highest BCUT2D eigenvalue weighted by Crippen LogP contribution is 2.54. The Balaban J connectivity index is 1.19. The lowest BCUT2D eigenvalue weighted by molar-refractivity contribution is 0.102. The van der Waals surface area contributed by atoms with Crippen LogP contribution in [0.5, 0.6) is 0 Å². The van der Waals surface area contributed by atoms with Gasteiger partial charge < -0.3 is 24.8 Å². The first-order valence-electron chi connectivity index (χ1n) is 14.3. The maximum absolute atomic E-state index is 13.8. The summed E-state index contributed by atoms with van der Waals surface area (Å²) in [4.78, 5) is 23.3. The monoisotopic (exact) mass is 564 g/mol. The number of aryl methyl sites for hydroxylation is 1. The van der Waals surface area contributed by atoms with Crippen LogP contribution in [0.4, 0.5) is 23.0 Å². The molecule has 3 N–H and O–H groups in total. The van der Waals surface area contributed by atoms with Gasteiger partial charge in [-0.15, -0.1) is 0 Å². The van der Waals surface area contributed by atoms with Gasteiger partial charge >= 0.3 is 0 Å². The average Bonchev–Trinajstić information content (AvgIpc) is 3.78. The smallest absolute Gasteiger partial charge is 0.258 e. The van der Waals surface area contributed by atoms with Crippen molar-refractivity contribution < 1.29 is 18.3 Å². The number of fused-ring (bicyclic) bond motifs is 2. The van der Waals surface area contributed by atoms with Crippen LogP contribution >= 0.6 is 0 Å². The van der Waals surface area contributed by atoms with Crippen molar-refractivity contribution in [3.63, 3.8) is 0 Å². The Morgan fingerprint density at radius 2 is 1.82 bits per heavy atom. The molecule has 2 aliphatic heterocycles. The number of aliphatic hydroxyl groups excluding tert-OH is 1. The third-order valence-corrected chi connectivity index (χ3v) is 10.6. The molecule has 1 aromatic carbocycles. The highest BCUT2D eigenvalue weighted by Gasteiger charge is 2.46. The van der Waals surface area contributed by atoms with Gasteiger partial charge in [-0.1, -0.05) is 0 Å². The van der Waals surface area contributed by atoms with Crippen LogP contribution in [0.3, 0.4) is 0 Å². The standard InChI is InChI=1S/C29H36N6O4S/c1-33-9-4-19-15-25(30-27(26(19)33)35-17-20-14-21(20)18-35)31-28(37)23-3-2-22(32-40(38,39)13-12-36)16-24(23)34-10-7-29(5-6-29)8-11-34/h2-4,9,15-16,20-21,32,36H,5-8,10-14,17-18H2,1H3,(H,30,31,37). The molecule has 11 heteroatoms. The lowest BCUT2D eigenvalue weighted by atomic mass is 9.93. The van der Waals surface area contributed by atoms with Gasteiger partial charge in [-0.05, 0) is 79.7 Å². The van der Waals surface area contributed by atoms with Crippen molar-refractivity contribution in [2.45, 2.75) is 32.1 Å². The number of pyridine rings is 1. The van der Waals surface area contributed by atoms with E-state index in [9.17, 15) is 13.2 Å². The molecule has 10 nitrogen and oxygen atoms in total. The van der Waals surface area contributed by atoms with E-state index in [2.05, 4.69) is 24.4 Å². The van der Waals surface area contributed by atoms with Gasteiger partial charge in [0.15, 0.2) is 5.82 Å². The number of aromatic nitrogens is 2. The second kappa shape index (κ2) is 9.37. The molecule has 1 amide bonds. The molecule has 2 saturated heterocycles. The van der Waals surface area contributed by atoms with Crippen LogP contribution in [0.25, 0.3) is 10.9 Å². The summed E-state index contributed by atoms with van der Waals surface area (Å²) in [6.07, 6.45) is 8.00. The van der Waals surface area contributed by atoms with Gasteiger partial charge in [0, 0.05) is 44.8 Å². The minimum absolute atomic E-state index is 0.274. The van der Waals surface area contributed by atoms with Crippen LogP contribution in [0.1, 0.15) is 42.5 Å². The molecule has 4 aliphatic rings. The minimum atomic E-state index is -3.69. The maximum atomic E-state index is 13.8. The van der Waals surface area contributed by atoms with Gasteiger partial charge in [-0.25, -0.2) is 13.4 Å². The summed E-state index contributed by atoms with van der Waals surface area (Å²) in [5, 5.41) is 13.2. The molecule has 212 valence electrons. The van der Waals surface area contributed by atoms with Crippen molar-refractivity contribution in [3.05, 3.63) is 42.1 Å². The Labute approximate surface area is 234 Å². The number of anilines is 4. The van der Waals surface area contributed by atoms with E-state index in [1.54, 1.807) is 18.2 Å². The molecular weight excluding hydrogens is 528 g/mol. The number of rotatable bonds is 8. The van der Waals surface area contributed by atoms with E-state index in [1.165, 1.54) is 19.3 Å². The lowest BCUT2D eigenvalue weighted by Gasteiger charge is -2.35. The number of nitrogens with zero attached hydrogens (tertiary/aromatic N) is 4. The van der Waals surface area contributed by atoms with E-state index < -0.39 is 16.6 Å². The van der Waals surface area contributed by atoms with Gasteiger partial charge in [0.2, 0.25) is 10.0 Å². The Morgan fingerprint density at radius 1 is 1.07 bits per heavy atom. The number of carbonyl (C=O) groups excluding carboxylic acids is 1. The summed E-state index contributed by atoms with van der Waals surface area (Å²) in [5.41, 5.74) is 3.10. The molecule has 7 rings (SSSR count). The third kappa shape index (κ3) is 4.79. The van der Waals surface area contributed by atoms with E-state index in [0.29, 0.717) is 28.2 Å². The van der Waals surface area contributed by atoms with Gasteiger partial charge in [-0.2, -0.15) is 0 Å². The zero-order valence-electron chi connectivity index (χ0n) is 22.8. The summed E-state index contributed by atoms with van der Waals surface area (Å²) >= 11 is 0. The summed E-state index contributed by atoms with van der Waals surface area (Å²) in [7, 11) is -1.67. The Kier molecular flexibility index (Phi) is 6.01. The summed E-state index contributed by atoms with van der Waals surface area (Å²) in [6.45, 7) is 3.19. The minimum Gasteiger partial charge on any atom is -0.395 e. The third-order valence-electron chi connectivity index (χ3n) is 9.35. The normalized spacial score (nSPS) is 22.9. The van der Waals surface area contributed by atoms with Gasteiger partial charge in [0.25, 0.3) is 5.91 Å². The molecule has 2 saturated carbocycles. The predicted molar refractivity (Wildman–Crippen MR) is 157 cm³/mol. The molecule has 2 aliphatic carbocycles. The molecule has 4 heterocycles. The van der Waals surface area contributed by atoms with Crippen LogP contribution in [0.15, 0.2) is 36.5 Å². The maximum Gasteiger partial charge on any atom is 0.258 e. The molecular formula is C29H36N6O4S. The van der Waals surface area contributed by atoms with E-state index in [4.69, 9.17) is 10.1 Å². The zero-order valence-corrected chi connectivity index (χ0v) is 23.6. The molecule has 2 unspecified atom stereocenters. The van der Waals surface area contributed by atoms with Crippen molar-refractivity contribution >= 4 is 49.8 Å². The van der Waals surface area contributed by atoms with Crippen LogP contribution in [0.2, 0.25) is 0 Å². The van der Waals surface area contributed by atoms with Crippen LogP contribution in [0, 0.1) is 17.3 Å². The second-order valence-corrected chi connectivity index (χ2v) is 14.0. The van der Waals surface area contributed by atoms with Crippen molar-refractivity contribution in [2.24, 2.45) is 24.3 Å². The Morgan fingerprint density at radius 3 is 2.52 bits per heavy atom. The van der Waals surface area contributed by atoms with Crippen molar-refractivity contribution in [1.82, 2.24) is 9.55 Å². The number of amides is 1. The van der Waals surface area contributed by atoms with E-state index in [1.807, 2.05) is 25.4 Å². The molecule has 0 radical (unpaired) electrons. The van der Waals surface area contributed by atoms with Crippen molar-refractivity contribution in [3.8, 4) is 0 Å². The Bertz CT molecular complexity index is 1580. The van der Waals surface area contributed by atoms with Gasteiger partial charge in [-0.3, -0.25) is 9.52 Å². The second-order valence-electron chi connectivity index (χ2n) is 12.2. The number of benzene rings is 1. The first-order chi connectivity index (χ1) is 19.2. The summed E-state index contributed by atoms with van der Waals surface area (Å²) in [6, 6.07) is 8.99. The number of nitrogens with one attached hydrogen (secondary N) is 2. The number of carbonyl (C=O) groups is 1. The van der Waals surface area contributed by atoms with Gasteiger partial charge in [0.1, 0.15) is 5.82 Å². The highest BCUT2D eigenvalue weighted by atomic mass is 32.2. The topological polar surface area (TPSA) is 120 Å². The van der Waals surface area contributed by atoms with Crippen LogP contribution in [-0.2, 0) is 17.1 Å². The highest BCUT2D eigenvalue weighted by molar-refractivity contribution is 7.92. The number of piperidine rings is 2. The van der Waals surface area contributed by atoms with Crippen molar-refractivity contribution in [1.29, 1.82) is 0 Å². The fraction of sp³-hybridized carbons (Fsp3) is 0.517. The largest absolute Gasteiger partial charge is 0.395 e. The van der Waals surface area contributed by atoms with E-state index in [0.717, 1.165) is 67.6 Å². The molecule has 2 aromatic heterocycles. The summed E-state index contributed by atoms with van der Waals surface area (Å²) in [5.74, 6) is 2.27. The van der Waals surface area contributed by atoms with Crippen LogP contribution < -0.4 is 19.8 Å². The van der Waals surface area contributed by atoms with E-state index >= 15 is 0 Å². The first-order valence-corrected chi connectivity index (χ1v) is 15.9. The fourth-order valence-electron chi connectivity index (χ4n) is 6.64. The fourth-order valence-corrected chi connectivity index (χ4v) is 7.47. The number of sulfonamides is 1. The molecule has 1 spiro atoms. The first kappa shape index (κ1) is 25.6. The molecule has 4 fully saturated rings. The molecule has 40 heavy (non-hydrogen) atoms. The molecule has 2 atom stereocenters. The predicted octanol–water partition coefficient (Wildman–Crippen LogP) is 3.40. The molecule has 3 aromatic rings. The number of hydrogen-bond donors (Lipinski definition) is 3. The molecule has 0 bridgehead atoms. The Hall–Kier alpha value is -3.31. The lowest BCUT2D eigenvalue weighted by Crippen LogP contribution is -2.35. The number of hydrogen-bond acceptors (Lipinski definition) is 7. The van der Waals surface area contributed by atoms with Crippen LogP contribution in [-0.4, -0.2) is 67.5 Å². The average molecular weight is 565 g/mol. The zero-order chi connectivity index (χ0) is 27.6. The van der Waals surface area contributed by atoms with E-state index in [-0.39, 0.29) is 11.7 Å². The number of aliphatic hydroxyl groups is 1. The van der Waals surface area contributed by atoms with Crippen molar-refractivity contribution in [2.75, 3.05) is 58.4 Å². The van der Waals surface area contributed by atoms with Gasteiger partial charge in [0.05, 0.1) is 34.8 Å². The summed E-state index contributed by atoms with van der Waals surface area (Å²) < 4.78 is 29.3.